The van der Waals surface area contributed by atoms with Gasteiger partial charge < -0.3 is 10.6 Å². The molecule has 0 aliphatic rings. The van der Waals surface area contributed by atoms with Crippen LogP contribution in [0, 0.1) is 6.92 Å². The Balaban J connectivity index is 1.69. The van der Waals surface area contributed by atoms with Crippen molar-refractivity contribution in [3.8, 4) is 0 Å². The Hall–Kier alpha value is -1.82. The molecule has 0 aliphatic carbocycles. The molecular formula is C16H13Cl2N3OS. The molecule has 7 heteroatoms. The van der Waals surface area contributed by atoms with E-state index >= 15 is 0 Å². The minimum atomic E-state index is -0.268. The summed E-state index contributed by atoms with van der Waals surface area (Å²) in [6, 6.07) is 6.90. The van der Waals surface area contributed by atoms with Crippen LogP contribution in [0.3, 0.4) is 0 Å². The first kappa shape index (κ1) is 16.1. The molecule has 0 saturated heterocycles. The summed E-state index contributed by atoms with van der Waals surface area (Å²) in [6.07, 6.45) is 3.51. The number of aryl methyl sites for hydroxylation is 1. The Bertz CT molecular complexity index is 879. The average Bonchev–Trinajstić information content (AvgIpc) is 2.84. The molecule has 0 spiro atoms. The number of pyridine rings is 1. The van der Waals surface area contributed by atoms with Crippen molar-refractivity contribution in [2.24, 2.45) is 0 Å². The van der Waals surface area contributed by atoms with Gasteiger partial charge in [-0.2, -0.15) is 0 Å². The normalized spacial score (nSPS) is 10.7. The molecule has 118 valence electrons. The molecule has 0 aliphatic heterocycles. The molecule has 4 nitrogen and oxygen atoms in total. The molecule has 3 rings (SSSR count). The minimum Gasteiger partial charge on any atom is -0.334 e. The molecule has 2 aromatic heterocycles. The summed E-state index contributed by atoms with van der Waals surface area (Å²) in [5.41, 5.74) is 1.70. The standard InChI is InChI=1S/C16H13Cl2N3OS/c1-9-15(11-4-5-19-8-14(11)23-9)21-16(22)20-7-10-2-3-12(17)13(18)6-10/h2-6,8H,7H2,1H3,(H2,20,21,22). The van der Waals surface area contributed by atoms with Gasteiger partial charge in [0.15, 0.2) is 0 Å². The lowest BCUT2D eigenvalue weighted by molar-refractivity contribution is 0.252. The highest BCUT2D eigenvalue weighted by Gasteiger charge is 2.11. The van der Waals surface area contributed by atoms with Gasteiger partial charge in [0.25, 0.3) is 0 Å². The number of halogens is 2. The molecule has 1 aromatic carbocycles. The topological polar surface area (TPSA) is 54.0 Å². The first-order chi connectivity index (χ1) is 11.0. The highest BCUT2D eigenvalue weighted by atomic mass is 35.5. The molecule has 0 saturated carbocycles. The number of thiophene rings is 1. The van der Waals surface area contributed by atoms with E-state index < -0.39 is 0 Å². The van der Waals surface area contributed by atoms with Crippen LogP contribution < -0.4 is 10.6 Å². The van der Waals surface area contributed by atoms with E-state index in [0.717, 1.165) is 26.2 Å². The maximum Gasteiger partial charge on any atom is 0.319 e. The lowest BCUT2D eigenvalue weighted by Gasteiger charge is -2.09. The quantitative estimate of drug-likeness (QED) is 0.667. The molecule has 0 radical (unpaired) electrons. The van der Waals surface area contributed by atoms with Crippen LogP contribution in [0.1, 0.15) is 10.4 Å². The Kier molecular flexibility index (Phi) is 4.71. The fourth-order valence-corrected chi connectivity index (χ4v) is 3.53. The van der Waals surface area contributed by atoms with E-state index in [0.29, 0.717) is 16.6 Å². The van der Waals surface area contributed by atoms with Gasteiger partial charge in [-0.05, 0) is 30.7 Å². The summed E-state index contributed by atoms with van der Waals surface area (Å²) in [7, 11) is 0. The molecule has 23 heavy (non-hydrogen) atoms. The van der Waals surface area contributed by atoms with E-state index in [1.54, 1.807) is 35.9 Å². The van der Waals surface area contributed by atoms with E-state index in [1.165, 1.54) is 0 Å². The number of anilines is 1. The summed E-state index contributed by atoms with van der Waals surface area (Å²) in [5, 5.41) is 7.67. The number of urea groups is 1. The third kappa shape index (κ3) is 3.58. The number of fused-ring (bicyclic) bond motifs is 1. The molecule has 2 amide bonds. The molecule has 2 N–H and O–H groups in total. The van der Waals surface area contributed by atoms with Crippen LogP contribution >= 0.6 is 34.5 Å². The summed E-state index contributed by atoms with van der Waals surface area (Å²) < 4.78 is 1.05. The van der Waals surface area contributed by atoms with Gasteiger partial charge >= 0.3 is 6.03 Å². The molecular weight excluding hydrogens is 353 g/mol. The fourth-order valence-electron chi connectivity index (χ4n) is 2.22. The summed E-state index contributed by atoms with van der Waals surface area (Å²) in [4.78, 5) is 17.3. The number of rotatable bonds is 3. The van der Waals surface area contributed by atoms with E-state index in [9.17, 15) is 4.79 Å². The number of amides is 2. The Morgan fingerprint density at radius 2 is 2.09 bits per heavy atom. The Morgan fingerprint density at radius 1 is 1.26 bits per heavy atom. The first-order valence-corrected chi connectivity index (χ1v) is 8.43. The zero-order valence-electron chi connectivity index (χ0n) is 12.2. The van der Waals surface area contributed by atoms with E-state index in [4.69, 9.17) is 23.2 Å². The predicted molar refractivity (Wildman–Crippen MR) is 96.7 cm³/mol. The number of nitrogens with zero attached hydrogens (tertiary/aromatic N) is 1. The van der Waals surface area contributed by atoms with Gasteiger partial charge in [-0.3, -0.25) is 4.98 Å². The molecule has 0 unspecified atom stereocenters. The van der Waals surface area contributed by atoms with Gasteiger partial charge in [0.1, 0.15) is 0 Å². The number of nitrogens with one attached hydrogen (secondary N) is 2. The van der Waals surface area contributed by atoms with E-state index in [-0.39, 0.29) is 6.03 Å². The molecule has 2 heterocycles. The van der Waals surface area contributed by atoms with Crippen molar-refractivity contribution in [3.63, 3.8) is 0 Å². The number of hydrogen-bond donors (Lipinski definition) is 2. The van der Waals surface area contributed by atoms with Gasteiger partial charge in [0, 0.05) is 29.2 Å². The van der Waals surface area contributed by atoms with Gasteiger partial charge in [0.2, 0.25) is 0 Å². The third-order valence-corrected chi connectivity index (χ3v) is 5.14. The van der Waals surface area contributed by atoms with Crippen molar-refractivity contribution in [2.45, 2.75) is 13.5 Å². The SMILES string of the molecule is Cc1sc2cnccc2c1NC(=O)NCc1ccc(Cl)c(Cl)c1. The second kappa shape index (κ2) is 6.74. The Labute approximate surface area is 147 Å². The van der Waals surface area contributed by atoms with Crippen LogP contribution in [0.5, 0.6) is 0 Å². The summed E-state index contributed by atoms with van der Waals surface area (Å²) in [5.74, 6) is 0. The van der Waals surface area contributed by atoms with Gasteiger partial charge in [-0.25, -0.2) is 4.79 Å². The zero-order chi connectivity index (χ0) is 16.4. The second-order valence-corrected chi connectivity index (χ2v) is 7.03. The average molecular weight is 366 g/mol. The van der Waals surface area contributed by atoms with Crippen LogP contribution in [0.15, 0.2) is 36.7 Å². The van der Waals surface area contributed by atoms with Crippen molar-refractivity contribution >= 4 is 56.3 Å². The number of carbonyl (C=O) groups excluding carboxylic acids is 1. The Morgan fingerprint density at radius 3 is 2.87 bits per heavy atom. The van der Waals surface area contributed by atoms with Crippen LogP contribution in [0.25, 0.3) is 10.1 Å². The first-order valence-electron chi connectivity index (χ1n) is 6.86. The maximum absolute atomic E-state index is 12.1. The molecule has 3 aromatic rings. The second-order valence-electron chi connectivity index (χ2n) is 4.96. The zero-order valence-corrected chi connectivity index (χ0v) is 14.5. The lowest BCUT2D eigenvalue weighted by atomic mass is 10.2. The minimum absolute atomic E-state index is 0.268. The third-order valence-electron chi connectivity index (χ3n) is 3.34. The fraction of sp³-hybridized carbons (Fsp3) is 0.125. The predicted octanol–water partition coefficient (Wildman–Crippen LogP) is 5.23. The van der Waals surface area contributed by atoms with Crippen LogP contribution in [0.2, 0.25) is 10.0 Å². The van der Waals surface area contributed by atoms with Crippen LogP contribution in [-0.4, -0.2) is 11.0 Å². The van der Waals surface area contributed by atoms with Crippen LogP contribution in [-0.2, 0) is 6.54 Å². The highest BCUT2D eigenvalue weighted by molar-refractivity contribution is 7.19. The van der Waals surface area contributed by atoms with Crippen molar-refractivity contribution in [1.82, 2.24) is 10.3 Å². The van der Waals surface area contributed by atoms with Gasteiger partial charge in [-0.15, -0.1) is 11.3 Å². The lowest BCUT2D eigenvalue weighted by Crippen LogP contribution is -2.28. The van der Waals surface area contributed by atoms with Gasteiger partial charge in [0.05, 0.1) is 20.4 Å². The van der Waals surface area contributed by atoms with E-state index in [2.05, 4.69) is 15.6 Å². The number of aromatic nitrogens is 1. The van der Waals surface area contributed by atoms with E-state index in [1.807, 2.05) is 19.1 Å². The van der Waals surface area contributed by atoms with Crippen molar-refractivity contribution in [1.29, 1.82) is 0 Å². The number of hydrogen-bond acceptors (Lipinski definition) is 3. The largest absolute Gasteiger partial charge is 0.334 e. The molecule has 0 atom stereocenters. The summed E-state index contributed by atoms with van der Waals surface area (Å²) >= 11 is 13.4. The van der Waals surface area contributed by atoms with Crippen molar-refractivity contribution in [3.05, 3.63) is 57.1 Å². The summed E-state index contributed by atoms with van der Waals surface area (Å²) in [6.45, 7) is 2.34. The number of benzene rings is 1. The smallest absolute Gasteiger partial charge is 0.319 e. The van der Waals surface area contributed by atoms with Crippen molar-refractivity contribution in [2.75, 3.05) is 5.32 Å². The number of carbonyl (C=O) groups is 1. The van der Waals surface area contributed by atoms with Crippen molar-refractivity contribution < 1.29 is 4.79 Å². The molecule has 0 fully saturated rings. The monoisotopic (exact) mass is 365 g/mol. The van der Waals surface area contributed by atoms with Gasteiger partial charge in [-0.1, -0.05) is 29.3 Å². The highest BCUT2D eigenvalue weighted by Crippen LogP contribution is 2.34. The van der Waals surface area contributed by atoms with Crippen LogP contribution in [0.4, 0.5) is 10.5 Å². The molecule has 0 bridgehead atoms. The maximum atomic E-state index is 12.1.